The molecule has 0 aliphatic carbocycles. The zero-order chi connectivity index (χ0) is 9.14. The van der Waals surface area contributed by atoms with Crippen LogP contribution in [-0.2, 0) is 4.74 Å². The van der Waals surface area contributed by atoms with Crippen molar-refractivity contribution in [3.63, 3.8) is 0 Å². The van der Waals surface area contributed by atoms with Crippen LogP contribution in [-0.4, -0.2) is 18.1 Å². The van der Waals surface area contributed by atoms with E-state index in [9.17, 15) is 4.79 Å². The van der Waals surface area contributed by atoms with Gasteiger partial charge in [-0.1, -0.05) is 11.6 Å². The van der Waals surface area contributed by atoms with Gasteiger partial charge < -0.3 is 4.74 Å². The molecule has 0 spiro atoms. The molecule has 0 saturated heterocycles. The van der Waals surface area contributed by atoms with Crippen molar-refractivity contribution in [3.05, 3.63) is 27.5 Å². The molecule has 0 aliphatic heterocycles. The number of ether oxygens (including phenoxy) is 1. The summed E-state index contributed by atoms with van der Waals surface area (Å²) in [5.74, 6) is -0.540. The highest BCUT2D eigenvalue weighted by molar-refractivity contribution is 9.10. The van der Waals surface area contributed by atoms with E-state index < -0.39 is 5.97 Å². The Hall–Kier alpha value is -0.610. The lowest BCUT2D eigenvalue weighted by atomic mass is 10.3. The quantitative estimate of drug-likeness (QED) is 0.718. The minimum Gasteiger partial charge on any atom is -0.464 e. The van der Waals surface area contributed by atoms with Crippen LogP contribution in [0.3, 0.4) is 0 Å². The zero-order valence-electron chi connectivity index (χ0n) is 6.17. The van der Waals surface area contributed by atoms with Crippen molar-refractivity contribution in [2.45, 2.75) is 0 Å². The van der Waals surface area contributed by atoms with Gasteiger partial charge in [0.15, 0.2) is 5.69 Å². The van der Waals surface area contributed by atoms with E-state index in [1.165, 1.54) is 13.3 Å². The lowest BCUT2D eigenvalue weighted by Crippen LogP contribution is -2.04. The van der Waals surface area contributed by atoms with E-state index in [2.05, 4.69) is 25.7 Å². The van der Waals surface area contributed by atoms with Crippen molar-refractivity contribution in [1.82, 2.24) is 4.98 Å². The van der Waals surface area contributed by atoms with Gasteiger partial charge in [-0.2, -0.15) is 0 Å². The molecule has 1 heterocycles. The van der Waals surface area contributed by atoms with Gasteiger partial charge in [0.25, 0.3) is 0 Å². The number of hydrogen-bond acceptors (Lipinski definition) is 3. The van der Waals surface area contributed by atoms with E-state index in [0.717, 1.165) is 0 Å². The van der Waals surface area contributed by atoms with Crippen molar-refractivity contribution >= 4 is 33.5 Å². The first-order valence-electron chi connectivity index (χ1n) is 3.05. The van der Waals surface area contributed by atoms with Gasteiger partial charge in [-0.3, -0.25) is 0 Å². The minimum atomic E-state index is -0.540. The largest absolute Gasteiger partial charge is 0.464 e. The summed E-state index contributed by atoms with van der Waals surface area (Å²) in [6, 6.07) is 1.65. The van der Waals surface area contributed by atoms with Crippen LogP contribution in [0.2, 0.25) is 5.02 Å². The van der Waals surface area contributed by atoms with Crippen molar-refractivity contribution in [3.8, 4) is 0 Å². The molecule has 0 fully saturated rings. The predicted molar refractivity (Wildman–Crippen MR) is 48.3 cm³/mol. The van der Waals surface area contributed by atoms with Gasteiger partial charge in [-0.15, -0.1) is 0 Å². The van der Waals surface area contributed by atoms with Crippen LogP contribution in [0.15, 0.2) is 16.7 Å². The molecular weight excluding hydrogens is 245 g/mol. The Morgan fingerprint density at radius 1 is 1.75 bits per heavy atom. The molecule has 0 N–H and O–H groups in total. The normalized spacial score (nSPS) is 9.58. The lowest BCUT2D eigenvalue weighted by molar-refractivity contribution is 0.0594. The average molecular weight is 250 g/mol. The lowest BCUT2D eigenvalue weighted by Gasteiger charge is -2.01. The van der Waals surface area contributed by atoms with Crippen molar-refractivity contribution in [1.29, 1.82) is 0 Å². The fraction of sp³-hybridized carbons (Fsp3) is 0.143. The van der Waals surface area contributed by atoms with Crippen LogP contribution in [0.4, 0.5) is 0 Å². The molecule has 12 heavy (non-hydrogen) atoms. The Labute approximate surface area is 82.8 Å². The van der Waals surface area contributed by atoms with Gasteiger partial charge in [-0.05, 0) is 22.0 Å². The maximum absolute atomic E-state index is 11.0. The Morgan fingerprint density at radius 3 is 3.00 bits per heavy atom. The van der Waals surface area contributed by atoms with Gasteiger partial charge in [0, 0.05) is 10.7 Å². The van der Waals surface area contributed by atoms with E-state index in [-0.39, 0.29) is 10.7 Å². The molecule has 1 aromatic heterocycles. The van der Waals surface area contributed by atoms with Gasteiger partial charge in [-0.25, -0.2) is 9.78 Å². The Balaban J connectivity index is 3.16. The first kappa shape index (κ1) is 9.48. The van der Waals surface area contributed by atoms with Gasteiger partial charge in [0.1, 0.15) is 0 Å². The highest BCUT2D eigenvalue weighted by Gasteiger charge is 2.13. The number of esters is 1. The molecule has 5 heteroatoms. The number of carbonyl (C=O) groups is 1. The molecule has 0 atom stereocenters. The molecule has 0 radical (unpaired) electrons. The maximum atomic E-state index is 11.0. The first-order valence-corrected chi connectivity index (χ1v) is 4.22. The van der Waals surface area contributed by atoms with E-state index in [1.54, 1.807) is 6.07 Å². The SMILES string of the molecule is COC(=O)c1nccc(Br)c1Cl. The van der Waals surface area contributed by atoms with E-state index in [0.29, 0.717) is 4.47 Å². The summed E-state index contributed by atoms with van der Waals surface area (Å²) in [7, 11) is 1.28. The minimum absolute atomic E-state index is 0.119. The van der Waals surface area contributed by atoms with E-state index in [4.69, 9.17) is 11.6 Å². The molecule has 1 aromatic rings. The first-order chi connectivity index (χ1) is 5.66. The number of halogens is 2. The van der Waals surface area contributed by atoms with Crippen molar-refractivity contribution < 1.29 is 9.53 Å². The summed E-state index contributed by atoms with van der Waals surface area (Å²) in [4.78, 5) is 14.8. The molecule has 0 bridgehead atoms. The number of aromatic nitrogens is 1. The molecule has 0 aliphatic rings. The average Bonchev–Trinajstić information content (AvgIpc) is 2.08. The van der Waals surface area contributed by atoms with Crippen molar-refractivity contribution in [2.24, 2.45) is 0 Å². The fourth-order valence-corrected chi connectivity index (χ4v) is 1.15. The van der Waals surface area contributed by atoms with Gasteiger partial charge >= 0.3 is 5.97 Å². The smallest absolute Gasteiger partial charge is 0.358 e. The third-order valence-corrected chi connectivity index (χ3v) is 2.49. The summed E-state index contributed by atoms with van der Waals surface area (Å²) in [5.41, 5.74) is 0.119. The van der Waals surface area contributed by atoms with Crippen LogP contribution in [0, 0.1) is 0 Å². The molecular formula is C7H5BrClNO2. The summed E-state index contributed by atoms with van der Waals surface area (Å²) >= 11 is 8.92. The Morgan fingerprint density at radius 2 is 2.42 bits per heavy atom. The third kappa shape index (κ3) is 1.76. The zero-order valence-corrected chi connectivity index (χ0v) is 8.52. The predicted octanol–water partition coefficient (Wildman–Crippen LogP) is 2.28. The summed E-state index contributed by atoms with van der Waals surface area (Å²) in [6.45, 7) is 0. The van der Waals surface area contributed by atoms with Crippen LogP contribution in [0.5, 0.6) is 0 Å². The second-order valence-corrected chi connectivity index (χ2v) is 3.18. The second-order valence-electron chi connectivity index (χ2n) is 1.95. The number of pyridine rings is 1. The topological polar surface area (TPSA) is 39.2 Å². The molecule has 0 saturated carbocycles. The van der Waals surface area contributed by atoms with E-state index in [1.807, 2.05) is 0 Å². The van der Waals surface area contributed by atoms with Crippen molar-refractivity contribution in [2.75, 3.05) is 7.11 Å². The van der Waals surface area contributed by atoms with Crippen LogP contribution in [0.25, 0.3) is 0 Å². The Bertz CT molecular complexity index is 316. The molecule has 0 unspecified atom stereocenters. The van der Waals surface area contributed by atoms with Gasteiger partial charge in [0.05, 0.1) is 12.1 Å². The standard InChI is InChI=1S/C7H5BrClNO2/c1-12-7(11)6-5(9)4(8)2-3-10-6/h2-3H,1H3. The monoisotopic (exact) mass is 249 g/mol. The fourth-order valence-electron chi connectivity index (χ4n) is 0.659. The molecule has 1 rings (SSSR count). The van der Waals surface area contributed by atoms with E-state index >= 15 is 0 Å². The summed E-state index contributed by atoms with van der Waals surface area (Å²) < 4.78 is 5.09. The number of rotatable bonds is 1. The molecule has 64 valence electrons. The van der Waals surface area contributed by atoms with Gasteiger partial charge in [0.2, 0.25) is 0 Å². The highest BCUT2D eigenvalue weighted by atomic mass is 79.9. The summed E-state index contributed by atoms with van der Waals surface area (Å²) in [6.07, 6.45) is 1.47. The number of carbonyl (C=O) groups excluding carboxylic acids is 1. The number of nitrogens with zero attached hydrogens (tertiary/aromatic N) is 1. The molecule has 0 amide bonds. The summed E-state index contributed by atoms with van der Waals surface area (Å²) in [5, 5.41) is 0.268. The second kappa shape index (κ2) is 3.87. The molecule has 3 nitrogen and oxygen atoms in total. The third-order valence-electron chi connectivity index (χ3n) is 1.22. The number of hydrogen-bond donors (Lipinski definition) is 0. The molecule has 0 aromatic carbocycles. The maximum Gasteiger partial charge on any atom is 0.358 e. The van der Waals surface area contributed by atoms with Crippen LogP contribution < -0.4 is 0 Å². The van der Waals surface area contributed by atoms with Crippen LogP contribution >= 0.6 is 27.5 Å². The Kier molecular flexibility index (Phi) is 3.05. The van der Waals surface area contributed by atoms with Crippen LogP contribution in [0.1, 0.15) is 10.5 Å². The number of methoxy groups -OCH3 is 1. The highest BCUT2D eigenvalue weighted by Crippen LogP contribution is 2.24.